The van der Waals surface area contributed by atoms with Gasteiger partial charge in [-0.1, -0.05) is 196 Å². The maximum Gasteiger partial charge on any atom is 0.472 e. The van der Waals surface area contributed by atoms with Gasteiger partial charge in [0.2, 0.25) is 11.8 Å². The number of hydrogen-bond acceptors (Lipinski definition) is 11. The smallest absolute Gasteiger partial charge is 0.472 e. The normalized spacial score (nSPS) is 15.6. The predicted molar refractivity (Wildman–Crippen MR) is 361 cm³/mol. The van der Waals surface area contributed by atoms with Gasteiger partial charge < -0.3 is 30.7 Å². The number of allylic oxidation sites excluding steroid dienone is 13. The average molecular weight is 1240 g/mol. The van der Waals surface area contributed by atoms with E-state index in [0.717, 1.165) is 101 Å². The van der Waals surface area contributed by atoms with Crippen LogP contribution in [0.3, 0.4) is 0 Å². The summed E-state index contributed by atoms with van der Waals surface area (Å²) in [6, 6.07) is 0. The topological polar surface area (TPSA) is 229 Å². The van der Waals surface area contributed by atoms with E-state index in [-0.39, 0.29) is 86.9 Å². The Balaban J connectivity index is 2.52. The van der Waals surface area contributed by atoms with Crippen LogP contribution in [0.4, 0.5) is 0 Å². The minimum absolute atomic E-state index is 0.0469. The van der Waals surface area contributed by atoms with E-state index in [1.165, 1.54) is 107 Å². The van der Waals surface area contributed by atoms with Crippen LogP contribution in [0.2, 0.25) is 0 Å². The Kier molecular flexibility index (Phi) is 47.2. The van der Waals surface area contributed by atoms with Crippen molar-refractivity contribution in [3.05, 3.63) is 83.1 Å². The highest BCUT2D eigenvalue weighted by atomic mass is 31.2. The molecular weight excluding hydrogens is 1110 g/mol. The summed E-state index contributed by atoms with van der Waals surface area (Å²) in [6.07, 6.45) is 56.3. The van der Waals surface area contributed by atoms with Gasteiger partial charge in [-0.2, -0.15) is 0 Å². The van der Waals surface area contributed by atoms with Crippen LogP contribution in [0, 0.1) is 10.8 Å². The number of nitrogens with one attached hydrogen (secondary N) is 3. The van der Waals surface area contributed by atoms with Crippen molar-refractivity contribution in [3.8, 4) is 0 Å². The number of unbranched alkanes of at least 4 members (excludes halogenated alkanes) is 23. The van der Waals surface area contributed by atoms with Gasteiger partial charge in [-0.05, 0) is 141 Å². The molecule has 0 radical (unpaired) electrons. The van der Waals surface area contributed by atoms with Crippen molar-refractivity contribution in [1.82, 2.24) is 10.6 Å². The van der Waals surface area contributed by atoms with E-state index in [1.807, 2.05) is 32.1 Å². The highest BCUT2D eigenvalue weighted by Crippen LogP contribution is 2.44. The second-order valence-corrected chi connectivity index (χ2v) is 26.4. The molecule has 1 aliphatic rings. The zero-order valence-corrected chi connectivity index (χ0v) is 56.8. The summed E-state index contributed by atoms with van der Waals surface area (Å²) in [5, 5.41) is 13.8. The van der Waals surface area contributed by atoms with Crippen LogP contribution in [0.1, 0.15) is 280 Å². The number of nitrogens with zero attached hydrogens (tertiary/aromatic N) is 1. The number of ether oxygens (including phenoxy) is 2. The Morgan fingerprint density at radius 2 is 1.22 bits per heavy atom. The van der Waals surface area contributed by atoms with Gasteiger partial charge >= 0.3 is 13.8 Å². The molecule has 87 heavy (non-hydrogen) atoms. The molecule has 0 aromatic heterocycles. The third kappa shape index (κ3) is 47.0. The lowest BCUT2D eigenvalue weighted by molar-refractivity contribution is -0.166. The Labute approximate surface area is 528 Å². The third-order valence-corrected chi connectivity index (χ3v) is 16.5. The van der Waals surface area contributed by atoms with Crippen molar-refractivity contribution >= 4 is 43.1 Å². The van der Waals surface area contributed by atoms with Crippen LogP contribution in [0.25, 0.3) is 0 Å². The molecule has 16 heteroatoms. The summed E-state index contributed by atoms with van der Waals surface area (Å²) in [4.78, 5) is 65.3. The van der Waals surface area contributed by atoms with Crippen molar-refractivity contribution < 1.29 is 47.2 Å². The summed E-state index contributed by atoms with van der Waals surface area (Å²) in [6.45, 7) is 15.4. The fourth-order valence-electron chi connectivity index (χ4n) is 10.2. The molecule has 496 valence electrons. The van der Waals surface area contributed by atoms with E-state index in [0.29, 0.717) is 25.7 Å². The van der Waals surface area contributed by atoms with Crippen LogP contribution in [0.5, 0.6) is 0 Å². The Morgan fingerprint density at radius 1 is 0.690 bits per heavy atom. The number of phosphoric ester groups is 1. The molecule has 0 aliphatic heterocycles. The second-order valence-electron chi connectivity index (χ2n) is 24.9. The minimum atomic E-state index is -4.67. The van der Waals surface area contributed by atoms with Crippen molar-refractivity contribution in [2.45, 2.75) is 286 Å². The molecule has 0 fully saturated rings. The molecule has 0 aromatic rings. The SMILES string of the molecule is CCCCCCCC/C=C\CCCCCCCC(=N)OC[C@](C)(COP(=O)(O)OCCN=C(N)CNC(=O)CCCCC(=O)CNC(=O)/C=C(C)/C=C/C=C(C)/C=C/C1=C(C)CCCC1(C)C)OC(=O)CCCCCCC/C=C\CCCCCCCC. The molecule has 1 rings (SSSR count). The first-order valence-electron chi connectivity index (χ1n) is 33.8. The molecule has 0 bridgehead atoms. The van der Waals surface area contributed by atoms with Crippen LogP contribution >= 0.6 is 7.82 Å². The number of esters is 1. The molecule has 0 spiro atoms. The van der Waals surface area contributed by atoms with E-state index in [9.17, 15) is 28.6 Å². The predicted octanol–water partition coefficient (Wildman–Crippen LogP) is 17.7. The van der Waals surface area contributed by atoms with Crippen molar-refractivity contribution in [3.63, 3.8) is 0 Å². The minimum Gasteiger partial charge on any atom is -0.477 e. The molecule has 0 heterocycles. The summed E-state index contributed by atoms with van der Waals surface area (Å²) in [7, 11) is -4.67. The number of amidine groups is 1. The van der Waals surface area contributed by atoms with Crippen LogP contribution in [-0.2, 0) is 42.3 Å². The maximum absolute atomic E-state index is 13.2. The Bertz CT molecular complexity index is 2250. The average Bonchev–Trinajstić information content (AvgIpc) is 2.80. The summed E-state index contributed by atoms with van der Waals surface area (Å²) >= 11 is 0. The van der Waals surface area contributed by atoms with Crippen LogP contribution in [-0.4, -0.2) is 85.2 Å². The summed E-state index contributed by atoms with van der Waals surface area (Å²) < 4.78 is 35.2. The highest BCUT2D eigenvalue weighted by Gasteiger charge is 2.35. The van der Waals surface area contributed by atoms with E-state index in [1.54, 1.807) is 6.92 Å². The third-order valence-electron chi connectivity index (χ3n) is 15.6. The van der Waals surface area contributed by atoms with Gasteiger partial charge in [0.05, 0.1) is 26.2 Å². The molecule has 15 nitrogen and oxygen atoms in total. The Morgan fingerprint density at radius 3 is 1.79 bits per heavy atom. The fourth-order valence-corrected chi connectivity index (χ4v) is 11.0. The number of Topliss-reactive ketones (excluding diaryl/α,β-unsaturated/α-hetero) is 1. The lowest BCUT2D eigenvalue weighted by Crippen LogP contribution is -2.42. The number of hydrogen-bond donors (Lipinski definition) is 5. The largest absolute Gasteiger partial charge is 0.477 e. The number of carbonyl (C=O) groups excluding carboxylic acids is 4. The first kappa shape index (κ1) is 80.3. The number of ketones is 1. The van der Waals surface area contributed by atoms with Gasteiger partial charge in [-0.25, -0.2) is 4.57 Å². The van der Waals surface area contributed by atoms with Crippen molar-refractivity contribution in [1.29, 1.82) is 5.41 Å². The van der Waals surface area contributed by atoms with Crippen LogP contribution < -0.4 is 16.4 Å². The number of phosphoric acid groups is 1. The molecule has 1 unspecified atom stereocenters. The standard InChI is InChI=1S/C71H122N5O10P/c1-9-11-13-15-17-19-21-23-25-27-29-31-33-35-37-47-66(73)83-58-71(8,86-69(80)49-38-36-34-32-30-28-26-24-22-20-18-16-14-12-10-2)59-85-87(81,82)84-54-53-74-65(72)57-76-67(78)48-40-39-46-63(77)56-75-68(79)55-61(4)44-41-43-60(3)50-51-64-62(5)45-42-52-70(64,6)7/h23-26,41,43-44,50-51,55,73H,9-22,27-40,42,45-49,52-54,56-59H2,1-8H3,(H2,72,74)(H,75,79)(H,76,78)(H,81,82)/b25-23-,26-24-,44-41+,51-50+,60-43+,61-55+,73-66?/t71-/m1/s1. The summed E-state index contributed by atoms with van der Waals surface area (Å²) in [5.74, 6) is -1.14. The molecule has 0 saturated heterocycles. The zero-order chi connectivity index (χ0) is 64.3. The number of amides is 2. The number of carbonyl (C=O) groups is 4. The van der Waals surface area contributed by atoms with Gasteiger partial charge in [-0.3, -0.25) is 38.6 Å². The van der Waals surface area contributed by atoms with E-state index < -0.39 is 26.0 Å². The van der Waals surface area contributed by atoms with E-state index in [2.05, 4.69) is 86.7 Å². The lowest BCUT2D eigenvalue weighted by Gasteiger charge is -2.32. The zero-order valence-electron chi connectivity index (χ0n) is 55.9. The quantitative estimate of drug-likeness (QED) is 0.00562. The van der Waals surface area contributed by atoms with Gasteiger partial charge in [0, 0.05) is 31.8 Å². The van der Waals surface area contributed by atoms with Gasteiger partial charge in [0.1, 0.15) is 19.0 Å². The van der Waals surface area contributed by atoms with Gasteiger partial charge in [0.25, 0.3) is 0 Å². The van der Waals surface area contributed by atoms with Crippen molar-refractivity contribution in [2.75, 3.05) is 39.5 Å². The fraction of sp³-hybridized carbons (Fsp3) is 0.718. The molecule has 1 aliphatic carbocycles. The van der Waals surface area contributed by atoms with E-state index in [4.69, 9.17) is 29.7 Å². The molecule has 0 aromatic carbocycles. The first-order valence-corrected chi connectivity index (χ1v) is 35.3. The van der Waals surface area contributed by atoms with E-state index >= 15 is 0 Å². The molecule has 2 atom stereocenters. The van der Waals surface area contributed by atoms with Crippen LogP contribution in [0.15, 0.2) is 88.0 Å². The number of aliphatic imine (C=N–C) groups is 1. The molecule has 6 N–H and O–H groups in total. The summed E-state index contributed by atoms with van der Waals surface area (Å²) in [5.41, 5.74) is 9.40. The lowest BCUT2D eigenvalue weighted by atomic mass is 9.72. The Hall–Kier alpha value is -4.69. The monoisotopic (exact) mass is 1240 g/mol. The maximum atomic E-state index is 13.2. The molecular formula is C71H122N5O10P. The second kappa shape index (κ2) is 51.1. The van der Waals surface area contributed by atoms with Gasteiger partial charge in [0.15, 0.2) is 17.3 Å². The first-order chi connectivity index (χ1) is 41.7. The molecule has 0 saturated carbocycles. The van der Waals surface area contributed by atoms with Crippen molar-refractivity contribution in [2.24, 2.45) is 16.1 Å². The number of nitrogens with two attached hydrogens (primary N) is 1. The van der Waals surface area contributed by atoms with Gasteiger partial charge in [-0.15, -0.1) is 0 Å². The number of rotatable bonds is 54. The highest BCUT2D eigenvalue weighted by molar-refractivity contribution is 7.47. The molecule has 2 amide bonds.